The fraction of sp³-hybridized carbons (Fsp3) is 0.917. The molecule has 1 atom stereocenters. The summed E-state index contributed by atoms with van der Waals surface area (Å²) in [5.41, 5.74) is 0. The number of piperazine rings is 1. The maximum absolute atomic E-state index is 12.3. The van der Waals surface area contributed by atoms with Gasteiger partial charge in [0.25, 0.3) is 0 Å². The molecule has 0 aliphatic carbocycles. The number of carbonyl (C=O) groups excluding carboxylic acids is 1. The lowest BCUT2D eigenvalue weighted by Crippen LogP contribution is -2.52. The molecule has 0 spiro atoms. The maximum atomic E-state index is 12.3. The summed E-state index contributed by atoms with van der Waals surface area (Å²) in [4.78, 5) is 16.7. The number of nitrogens with one attached hydrogen (secondary N) is 1. The first-order valence-electron chi connectivity index (χ1n) is 6.56. The molecule has 0 aromatic carbocycles. The van der Waals surface area contributed by atoms with Crippen molar-refractivity contribution < 1.29 is 4.79 Å². The minimum atomic E-state index is 0.179. The Kier molecular flexibility index (Phi) is 4.18. The van der Waals surface area contributed by atoms with Gasteiger partial charge >= 0.3 is 0 Å². The van der Waals surface area contributed by atoms with Gasteiger partial charge in [-0.05, 0) is 32.4 Å². The lowest BCUT2D eigenvalue weighted by Gasteiger charge is -2.32. The van der Waals surface area contributed by atoms with Crippen molar-refractivity contribution in [2.45, 2.75) is 32.2 Å². The average Bonchev–Trinajstić information content (AvgIpc) is 2.78. The van der Waals surface area contributed by atoms with E-state index in [1.807, 2.05) is 4.90 Å². The third-order valence-electron chi connectivity index (χ3n) is 3.59. The molecule has 1 unspecified atom stereocenters. The van der Waals surface area contributed by atoms with Gasteiger partial charge in [0, 0.05) is 26.2 Å². The lowest BCUT2D eigenvalue weighted by atomic mass is 10.1. The normalized spacial score (nSPS) is 27.3. The third-order valence-corrected chi connectivity index (χ3v) is 3.59. The van der Waals surface area contributed by atoms with E-state index in [4.69, 9.17) is 0 Å². The molecule has 16 heavy (non-hydrogen) atoms. The monoisotopic (exact) mass is 225 g/mol. The summed E-state index contributed by atoms with van der Waals surface area (Å²) < 4.78 is 0. The molecule has 2 heterocycles. The summed E-state index contributed by atoms with van der Waals surface area (Å²) in [5, 5.41) is 3.29. The van der Waals surface area contributed by atoms with Crippen LogP contribution in [0, 0.1) is 0 Å². The lowest BCUT2D eigenvalue weighted by molar-refractivity contribution is -0.136. The van der Waals surface area contributed by atoms with Crippen molar-refractivity contribution in [3.8, 4) is 0 Å². The van der Waals surface area contributed by atoms with Crippen LogP contribution in [-0.4, -0.2) is 61.0 Å². The number of amides is 1. The first kappa shape index (κ1) is 11.9. The van der Waals surface area contributed by atoms with E-state index in [2.05, 4.69) is 17.1 Å². The molecule has 2 aliphatic rings. The number of nitrogens with zero attached hydrogens (tertiary/aromatic N) is 2. The van der Waals surface area contributed by atoms with Gasteiger partial charge in [0.2, 0.25) is 5.91 Å². The third kappa shape index (κ3) is 2.55. The predicted octanol–water partition coefficient (Wildman–Crippen LogP) is 0.293. The number of rotatable bonds is 3. The zero-order chi connectivity index (χ0) is 11.4. The van der Waals surface area contributed by atoms with Gasteiger partial charge in [-0.3, -0.25) is 9.69 Å². The topological polar surface area (TPSA) is 35.6 Å². The van der Waals surface area contributed by atoms with Gasteiger partial charge in [-0.25, -0.2) is 0 Å². The minimum Gasteiger partial charge on any atom is -0.339 e. The second-order valence-corrected chi connectivity index (χ2v) is 4.77. The average molecular weight is 225 g/mol. The molecule has 4 nitrogen and oxygen atoms in total. The second-order valence-electron chi connectivity index (χ2n) is 4.77. The van der Waals surface area contributed by atoms with Gasteiger partial charge in [0.05, 0.1) is 6.04 Å². The fourth-order valence-corrected chi connectivity index (χ4v) is 2.76. The standard InChI is InChI=1S/C12H23N3O/c1-2-7-14-8-3-4-11(14)12(16)15-9-5-13-6-10-15/h11,13H,2-10H2,1H3. The van der Waals surface area contributed by atoms with Crippen molar-refractivity contribution in [2.24, 2.45) is 0 Å². The van der Waals surface area contributed by atoms with Gasteiger partial charge in [0.15, 0.2) is 0 Å². The summed E-state index contributed by atoms with van der Waals surface area (Å²) in [5.74, 6) is 0.368. The van der Waals surface area contributed by atoms with Crippen LogP contribution in [0.25, 0.3) is 0 Å². The van der Waals surface area contributed by atoms with Crippen LogP contribution in [0.15, 0.2) is 0 Å². The van der Waals surface area contributed by atoms with Crippen LogP contribution < -0.4 is 5.32 Å². The Morgan fingerprint density at radius 2 is 2.06 bits per heavy atom. The van der Waals surface area contributed by atoms with E-state index < -0.39 is 0 Å². The highest BCUT2D eigenvalue weighted by atomic mass is 16.2. The van der Waals surface area contributed by atoms with E-state index >= 15 is 0 Å². The van der Waals surface area contributed by atoms with Crippen LogP contribution in [0.1, 0.15) is 26.2 Å². The molecule has 0 bridgehead atoms. The highest BCUT2D eigenvalue weighted by Gasteiger charge is 2.33. The summed E-state index contributed by atoms with van der Waals surface area (Å²) in [6.07, 6.45) is 3.39. The van der Waals surface area contributed by atoms with Gasteiger partial charge in [-0.2, -0.15) is 0 Å². The number of carbonyl (C=O) groups is 1. The molecule has 2 saturated heterocycles. The molecule has 0 aromatic rings. The zero-order valence-electron chi connectivity index (χ0n) is 10.2. The molecule has 0 radical (unpaired) electrons. The van der Waals surface area contributed by atoms with Crippen molar-refractivity contribution in [2.75, 3.05) is 39.3 Å². The molecule has 1 amide bonds. The Hall–Kier alpha value is -0.610. The molecule has 2 rings (SSSR count). The maximum Gasteiger partial charge on any atom is 0.240 e. The predicted molar refractivity (Wildman–Crippen MR) is 64.3 cm³/mol. The Morgan fingerprint density at radius 1 is 1.31 bits per heavy atom. The molecule has 0 aromatic heterocycles. The Bertz CT molecular complexity index is 238. The SMILES string of the molecule is CCCN1CCCC1C(=O)N1CCNCC1. The van der Waals surface area contributed by atoms with E-state index in [9.17, 15) is 4.79 Å². The van der Waals surface area contributed by atoms with Crippen LogP contribution in [-0.2, 0) is 4.79 Å². The number of hydrogen-bond donors (Lipinski definition) is 1. The first-order valence-corrected chi connectivity index (χ1v) is 6.56. The van der Waals surface area contributed by atoms with E-state index in [1.165, 1.54) is 6.42 Å². The number of likely N-dealkylation sites (tertiary alicyclic amines) is 1. The summed E-state index contributed by atoms with van der Waals surface area (Å²) in [6, 6.07) is 0.179. The second kappa shape index (κ2) is 5.64. The Balaban J connectivity index is 1.91. The van der Waals surface area contributed by atoms with Gasteiger partial charge in [-0.15, -0.1) is 0 Å². The minimum absolute atomic E-state index is 0.179. The molecule has 2 aliphatic heterocycles. The molecule has 92 valence electrons. The molecular formula is C12H23N3O. The summed E-state index contributed by atoms with van der Waals surface area (Å²) >= 11 is 0. The quantitative estimate of drug-likeness (QED) is 0.750. The largest absolute Gasteiger partial charge is 0.339 e. The number of hydrogen-bond acceptors (Lipinski definition) is 3. The van der Waals surface area contributed by atoms with E-state index in [0.717, 1.165) is 52.1 Å². The van der Waals surface area contributed by atoms with Crippen molar-refractivity contribution in [1.82, 2.24) is 15.1 Å². The zero-order valence-corrected chi connectivity index (χ0v) is 10.2. The van der Waals surface area contributed by atoms with Crippen LogP contribution in [0.4, 0.5) is 0 Å². The van der Waals surface area contributed by atoms with E-state index in [-0.39, 0.29) is 6.04 Å². The fourth-order valence-electron chi connectivity index (χ4n) is 2.76. The first-order chi connectivity index (χ1) is 7.83. The van der Waals surface area contributed by atoms with Crippen molar-refractivity contribution in [1.29, 1.82) is 0 Å². The molecular weight excluding hydrogens is 202 g/mol. The van der Waals surface area contributed by atoms with Crippen LogP contribution in [0.5, 0.6) is 0 Å². The molecule has 2 fully saturated rings. The van der Waals surface area contributed by atoms with Crippen molar-refractivity contribution >= 4 is 5.91 Å². The van der Waals surface area contributed by atoms with Crippen LogP contribution in [0.2, 0.25) is 0 Å². The van der Waals surface area contributed by atoms with Gasteiger partial charge < -0.3 is 10.2 Å². The molecule has 4 heteroatoms. The Morgan fingerprint density at radius 3 is 2.75 bits per heavy atom. The van der Waals surface area contributed by atoms with E-state index in [0.29, 0.717) is 5.91 Å². The molecule has 0 saturated carbocycles. The highest BCUT2D eigenvalue weighted by Crippen LogP contribution is 2.19. The van der Waals surface area contributed by atoms with Crippen LogP contribution >= 0.6 is 0 Å². The van der Waals surface area contributed by atoms with Crippen molar-refractivity contribution in [3.05, 3.63) is 0 Å². The van der Waals surface area contributed by atoms with Gasteiger partial charge in [0.1, 0.15) is 0 Å². The van der Waals surface area contributed by atoms with E-state index in [1.54, 1.807) is 0 Å². The highest BCUT2D eigenvalue weighted by molar-refractivity contribution is 5.82. The van der Waals surface area contributed by atoms with Crippen LogP contribution in [0.3, 0.4) is 0 Å². The molecule has 1 N–H and O–H groups in total. The Labute approximate surface area is 98.0 Å². The summed E-state index contributed by atoms with van der Waals surface area (Å²) in [7, 11) is 0. The van der Waals surface area contributed by atoms with Gasteiger partial charge in [-0.1, -0.05) is 6.92 Å². The smallest absolute Gasteiger partial charge is 0.240 e. The summed E-state index contributed by atoms with van der Waals surface area (Å²) in [6.45, 7) is 8.03. The van der Waals surface area contributed by atoms with Crippen molar-refractivity contribution in [3.63, 3.8) is 0 Å².